The van der Waals surface area contributed by atoms with Crippen molar-refractivity contribution in [3.05, 3.63) is 59.1 Å². The normalized spacial score (nSPS) is 11.3. The highest BCUT2D eigenvalue weighted by molar-refractivity contribution is 6.32. The second kappa shape index (κ2) is 5.45. The molecule has 2 aromatic rings. The maximum atomic E-state index is 13.9. The van der Waals surface area contributed by atoms with Gasteiger partial charge in [-0.05, 0) is 12.1 Å². The molecule has 0 atom stereocenters. The number of halogens is 3. The van der Waals surface area contributed by atoms with E-state index < -0.39 is 12.5 Å². The third kappa shape index (κ3) is 3.35. The van der Waals surface area contributed by atoms with Crippen molar-refractivity contribution in [2.45, 2.75) is 5.92 Å². The molecule has 0 spiro atoms. The van der Waals surface area contributed by atoms with Crippen molar-refractivity contribution >= 4 is 17.3 Å². The first kappa shape index (κ1) is 13.6. The number of benzene rings is 2. The summed E-state index contributed by atoms with van der Waals surface area (Å²) >= 11 is 5.85. The fourth-order valence-electron chi connectivity index (χ4n) is 1.56. The summed E-state index contributed by atoms with van der Waals surface area (Å²) < 4.78 is 32.8. The van der Waals surface area contributed by atoms with Crippen molar-refractivity contribution in [3.63, 3.8) is 0 Å². The zero-order valence-electron chi connectivity index (χ0n) is 9.95. The van der Waals surface area contributed by atoms with E-state index in [1.807, 2.05) is 0 Å². The van der Waals surface area contributed by atoms with Crippen LogP contribution in [0.3, 0.4) is 0 Å². The summed E-state index contributed by atoms with van der Waals surface area (Å²) in [4.78, 5) is 0. The molecule has 5 heteroatoms. The molecule has 2 aromatic carbocycles. The Morgan fingerprint density at radius 1 is 1.11 bits per heavy atom. The molecular weight excluding hydrogens is 272 g/mol. The van der Waals surface area contributed by atoms with Crippen LogP contribution in [0.1, 0.15) is 5.56 Å². The van der Waals surface area contributed by atoms with Crippen LogP contribution in [-0.4, -0.2) is 6.61 Å². The Morgan fingerprint density at radius 3 is 2.47 bits per heavy atom. The highest BCUT2D eigenvalue weighted by Gasteiger charge is 2.32. The largest absolute Gasteiger partial charge is 0.485 e. The van der Waals surface area contributed by atoms with E-state index in [1.165, 1.54) is 24.3 Å². The van der Waals surface area contributed by atoms with Crippen molar-refractivity contribution < 1.29 is 13.5 Å². The van der Waals surface area contributed by atoms with Gasteiger partial charge >= 0.3 is 5.92 Å². The fraction of sp³-hybridized carbons (Fsp3) is 0.143. The lowest BCUT2D eigenvalue weighted by atomic mass is 10.1. The molecule has 2 rings (SSSR count). The molecule has 0 aliphatic heterocycles. The summed E-state index contributed by atoms with van der Waals surface area (Å²) in [6, 6.07) is 12.0. The number of ether oxygens (including phenoxy) is 1. The van der Waals surface area contributed by atoms with E-state index in [1.54, 1.807) is 24.3 Å². The second-order valence-corrected chi connectivity index (χ2v) is 4.46. The van der Waals surface area contributed by atoms with Gasteiger partial charge in [0.1, 0.15) is 5.75 Å². The molecular formula is C14H12ClF2NO. The van der Waals surface area contributed by atoms with E-state index in [4.69, 9.17) is 22.1 Å². The maximum Gasteiger partial charge on any atom is 0.306 e. The summed E-state index contributed by atoms with van der Waals surface area (Å²) in [5, 5.41) is 0.248. The molecule has 0 unspecified atom stereocenters. The monoisotopic (exact) mass is 283 g/mol. The standard InChI is InChI=1S/C14H12ClF2NO/c15-12-7-6-11(18)8-13(12)19-9-14(16,17)10-4-2-1-3-5-10/h1-8H,9,18H2. The van der Waals surface area contributed by atoms with Gasteiger partial charge in [0.05, 0.1) is 5.02 Å². The number of nitrogen functional groups attached to an aromatic ring is 1. The van der Waals surface area contributed by atoms with Crippen molar-refractivity contribution in [2.24, 2.45) is 0 Å². The molecule has 0 amide bonds. The molecule has 2 nitrogen and oxygen atoms in total. The van der Waals surface area contributed by atoms with Crippen LogP contribution in [0.15, 0.2) is 48.5 Å². The molecule has 0 fully saturated rings. The van der Waals surface area contributed by atoms with E-state index in [-0.39, 0.29) is 16.3 Å². The quantitative estimate of drug-likeness (QED) is 0.858. The van der Waals surface area contributed by atoms with Crippen LogP contribution in [0.4, 0.5) is 14.5 Å². The van der Waals surface area contributed by atoms with Crippen molar-refractivity contribution in [3.8, 4) is 5.75 Å². The van der Waals surface area contributed by atoms with Crippen LogP contribution in [0.5, 0.6) is 5.75 Å². The fourth-order valence-corrected chi connectivity index (χ4v) is 1.74. The molecule has 0 aliphatic rings. The van der Waals surface area contributed by atoms with Crippen LogP contribution in [0.2, 0.25) is 5.02 Å². The number of nitrogens with two attached hydrogens (primary N) is 1. The second-order valence-electron chi connectivity index (χ2n) is 4.05. The molecule has 100 valence electrons. The van der Waals surface area contributed by atoms with Crippen LogP contribution < -0.4 is 10.5 Å². The van der Waals surface area contributed by atoms with Gasteiger partial charge in [-0.1, -0.05) is 41.9 Å². The third-order valence-corrected chi connectivity index (χ3v) is 2.87. The summed E-state index contributed by atoms with van der Waals surface area (Å²) in [6.45, 7) is -0.791. The van der Waals surface area contributed by atoms with Gasteiger partial charge in [0.15, 0.2) is 6.61 Å². The lowest BCUT2D eigenvalue weighted by molar-refractivity contribution is -0.0466. The lowest BCUT2D eigenvalue weighted by Crippen LogP contribution is -2.23. The van der Waals surface area contributed by atoms with E-state index in [9.17, 15) is 8.78 Å². The molecule has 0 radical (unpaired) electrons. The van der Waals surface area contributed by atoms with Crippen LogP contribution in [0.25, 0.3) is 0 Å². The van der Waals surface area contributed by atoms with E-state index in [0.717, 1.165) is 0 Å². The van der Waals surface area contributed by atoms with E-state index >= 15 is 0 Å². The maximum absolute atomic E-state index is 13.9. The van der Waals surface area contributed by atoms with Gasteiger partial charge in [-0.25, -0.2) is 0 Å². The Morgan fingerprint density at radius 2 is 1.79 bits per heavy atom. The molecule has 19 heavy (non-hydrogen) atoms. The van der Waals surface area contributed by atoms with Gasteiger partial charge in [0.2, 0.25) is 0 Å². The number of rotatable bonds is 4. The molecule has 0 heterocycles. The first-order chi connectivity index (χ1) is 8.99. The molecule has 0 saturated carbocycles. The van der Waals surface area contributed by atoms with Crippen molar-refractivity contribution in [2.75, 3.05) is 12.3 Å². The summed E-state index contributed by atoms with van der Waals surface area (Å²) in [5.74, 6) is -2.94. The van der Waals surface area contributed by atoms with Gasteiger partial charge in [0.25, 0.3) is 0 Å². The topological polar surface area (TPSA) is 35.2 Å². The van der Waals surface area contributed by atoms with Gasteiger partial charge in [-0.3, -0.25) is 0 Å². The Hall–Kier alpha value is -1.81. The Balaban J connectivity index is 2.12. The smallest absolute Gasteiger partial charge is 0.306 e. The van der Waals surface area contributed by atoms with Crippen LogP contribution in [0, 0.1) is 0 Å². The van der Waals surface area contributed by atoms with Gasteiger partial charge in [-0.2, -0.15) is 8.78 Å². The number of alkyl halides is 2. The zero-order valence-corrected chi connectivity index (χ0v) is 10.7. The minimum Gasteiger partial charge on any atom is -0.485 e. The van der Waals surface area contributed by atoms with Gasteiger partial charge in [0, 0.05) is 17.3 Å². The number of hydrogen-bond acceptors (Lipinski definition) is 2. The average molecular weight is 284 g/mol. The lowest BCUT2D eigenvalue weighted by Gasteiger charge is -2.18. The summed E-state index contributed by atoms with van der Waals surface area (Å²) in [7, 11) is 0. The molecule has 0 saturated heterocycles. The summed E-state index contributed by atoms with van der Waals surface area (Å²) in [5.41, 5.74) is 5.85. The molecule has 0 bridgehead atoms. The highest BCUT2D eigenvalue weighted by atomic mass is 35.5. The Bertz CT molecular complexity index is 561. The SMILES string of the molecule is Nc1ccc(Cl)c(OCC(F)(F)c2ccccc2)c1. The highest BCUT2D eigenvalue weighted by Crippen LogP contribution is 2.32. The molecule has 0 aromatic heterocycles. The van der Waals surface area contributed by atoms with Crippen LogP contribution >= 0.6 is 11.6 Å². The summed E-state index contributed by atoms with van der Waals surface area (Å²) in [6.07, 6.45) is 0. The first-order valence-electron chi connectivity index (χ1n) is 5.60. The number of hydrogen-bond donors (Lipinski definition) is 1. The number of anilines is 1. The Labute approximate surface area is 114 Å². The average Bonchev–Trinajstić information content (AvgIpc) is 2.41. The van der Waals surface area contributed by atoms with Crippen molar-refractivity contribution in [1.82, 2.24) is 0 Å². The van der Waals surface area contributed by atoms with E-state index in [0.29, 0.717) is 5.69 Å². The predicted octanol–water partition coefficient (Wildman–Crippen LogP) is 4.09. The first-order valence-corrected chi connectivity index (χ1v) is 5.98. The Kier molecular flexibility index (Phi) is 3.90. The van der Waals surface area contributed by atoms with Crippen LogP contribution in [-0.2, 0) is 5.92 Å². The predicted molar refractivity (Wildman–Crippen MR) is 71.7 cm³/mol. The van der Waals surface area contributed by atoms with E-state index in [2.05, 4.69) is 0 Å². The third-order valence-electron chi connectivity index (χ3n) is 2.56. The minimum absolute atomic E-state index is 0.102. The van der Waals surface area contributed by atoms with Crippen molar-refractivity contribution in [1.29, 1.82) is 0 Å². The minimum atomic E-state index is -3.09. The molecule has 0 aliphatic carbocycles. The van der Waals surface area contributed by atoms with Gasteiger partial charge in [-0.15, -0.1) is 0 Å². The molecule has 2 N–H and O–H groups in total. The van der Waals surface area contributed by atoms with Gasteiger partial charge < -0.3 is 10.5 Å². The zero-order chi connectivity index (χ0) is 13.9.